The van der Waals surface area contributed by atoms with Crippen molar-refractivity contribution < 1.29 is 14.3 Å². The lowest BCUT2D eigenvalue weighted by Crippen LogP contribution is -2.09. The number of ether oxygens (including phenoxy) is 2. The number of carbonyl (C=O) groups is 1. The Bertz CT molecular complexity index is 718. The van der Waals surface area contributed by atoms with Gasteiger partial charge in [-0.15, -0.1) is 0 Å². The van der Waals surface area contributed by atoms with Crippen LogP contribution < -0.4 is 5.32 Å². The Morgan fingerprint density at radius 3 is 2.15 bits per heavy atom. The second kappa shape index (κ2) is 11.0. The standard InChI is InChI=1S/C21H24N2O3/c1-25-16-26-15-19-7-5-17(6-8-19)3-2-4-18-9-11-20(12-10-18)23-21(24)13-14-22/h5-12H,2-4,13,15-16H2,1H3,(H,23,24). The number of anilines is 1. The summed E-state index contributed by atoms with van der Waals surface area (Å²) in [4.78, 5) is 11.4. The molecule has 0 heterocycles. The van der Waals surface area contributed by atoms with Crippen LogP contribution in [0.2, 0.25) is 0 Å². The van der Waals surface area contributed by atoms with E-state index in [-0.39, 0.29) is 12.3 Å². The zero-order valence-corrected chi connectivity index (χ0v) is 15.0. The average molecular weight is 352 g/mol. The largest absolute Gasteiger partial charge is 0.359 e. The summed E-state index contributed by atoms with van der Waals surface area (Å²) >= 11 is 0. The number of nitriles is 1. The van der Waals surface area contributed by atoms with Gasteiger partial charge in [-0.1, -0.05) is 36.4 Å². The Morgan fingerprint density at radius 1 is 1.00 bits per heavy atom. The summed E-state index contributed by atoms with van der Waals surface area (Å²) in [7, 11) is 1.61. The SMILES string of the molecule is COCOCc1ccc(CCCc2ccc(NC(=O)CC#N)cc2)cc1. The molecule has 0 radical (unpaired) electrons. The van der Waals surface area contributed by atoms with E-state index in [0.717, 1.165) is 30.5 Å². The average Bonchev–Trinajstić information content (AvgIpc) is 2.65. The van der Waals surface area contributed by atoms with Gasteiger partial charge in [0.25, 0.3) is 0 Å². The lowest BCUT2D eigenvalue weighted by molar-refractivity contribution is -0.115. The molecule has 0 aliphatic carbocycles. The summed E-state index contributed by atoms with van der Waals surface area (Å²) < 4.78 is 10.2. The van der Waals surface area contributed by atoms with Crippen molar-refractivity contribution in [2.24, 2.45) is 0 Å². The molecule has 0 aliphatic rings. The lowest BCUT2D eigenvalue weighted by atomic mass is 10.0. The van der Waals surface area contributed by atoms with Gasteiger partial charge in [0.15, 0.2) is 0 Å². The molecular weight excluding hydrogens is 328 g/mol. The van der Waals surface area contributed by atoms with Crippen LogP contribution in [-0.2, 0) is 33.7 Å². The molecule has 0 atom stereocenters. The second-order valence-electron chi connectivity index (χ2n) is 6.01. The maximum absolute atomic E-state index is 11.4. The van der Waals surface area contributed by atoms with Gasteiger partial charge in [0, 0.05) is 12.8 Å². The number of hydrogen-bond acceptors (Lipinski definition) is 4. The van der Waals surface area contributed by atoms with Crippen molar-refractivity contribution in [1.29, 1.82) is 5.26 Å². The highest BCUT2D eigenvalue weighted by molar-refractivity contribution is 5.91. The van der Waals surface area contributed by atoms with E-state index in [0.29, 0.717) is 13.4 Å². The summed E-state index contributed by atoms with van der Waals surface area (Å²) in [5, 5.41) is 11.2. The number of rotatable bonds is 10. The van der Waals surface area contributed by atoms with Gasteiger partial charge in [-0.3, -0.25) is 4.79 Å². The van der Waals surface area contributed by atoms with Crippen LogP contribution in [0.1, 0.15) is 29.5 Å². The predicted octanol–water partition coefficient (Wildman–Crippen LogP) is 3.83. The van der Waals surface area contributed by atoms with E-state index in [1.807, 2.05) is 30.3 Å². The fourth-order valence-electron chi connectivity index (χ4n) is 2.57. The highest BCUT2D eigenvalue weighted by atomic mass is 16.7. The molecule has 26 heavy (non-hydrogen) atoms. The number of methoxy groups -OCH3 is 1. The number of amides is 1. The van der Waals surface area contributed by atoms with E-state index >= 15 is 0 Å². The van der Waals surface area contributed by atoms with Crippen LogP contribution in [0.15, 0.2) is 48.5 Å². The first kappa shape index (κ1) is 19.6. The van der Waals surface area contributed by atoms with Crippen molar-refractivity contribution >= 4 is 11.6 Å². The molecule has 2 rings (SSSR count). The number of nitrogens with zero attached hydrogens (tertiary/aromatic N) is 1. The summed E-state index contributed by atoms with van der Waals surface area (Å²) in [5.41, 5.74) is 4.40. The van der Waals surface area contributed by atoms with Crippen LogP contribution in [0, 0.1) is 11.3 Å². The minimum atomic E-state index is -0.281. The topological polar surface area (TPSA) is 71.3 Å². The predicted molar refractivity (Wildman–Crippen MR) is 100 cm³/mol. The van der Waals surface area contributed by atoms with Crippen molar-refractivity contribution in [3.05, 3.63) is 65.2 Å². The molecule has 0 fully saturated rings. The fraction of sp³-hybridized carbons (Fsp3) is 0.333. The molecule has 136 valence electrons. The van der Waals surface area contributed by atoms with E-state index in [2.05, 4.69) is 29.6 Å². The third kappa shape index (κ3) is 7.06. The maximum atomic E-state index is 11.4. The van der Waals surface area contributed by atoms with Gasteiger partial charge in [0.05, 0.1) is 12.7 Å². The molecule has 1 N–H and O–H groups in total. The number of hydrogen-bond donors (Lipinski definition) is 1. The van der Waals surface area contributed by atoms with Gasteiger partial charge >= 0.3 is 0 Å². The quantitative estimate of drug-likeness (QED) is 0.521. The van der Waals surface area contributed by atoms with Crippen LogP contribution in [0.4, 0.5) is 5.69 Å². The second-order valence-corrected chi connectivity index (χ2v) is 6.01. The van der Waals surface area contributed by atoms with Crippen LogP contribution in [-0.4, -0.2) is 19.8 Å². The number of nitrogens with one attached hydrogen (secondary N) is 1. The lowest BCUT2D eigenvalue weighted by Gasteiger charge is -2.07. The molecule has 5 heteroatoms. The van der Waals surface area contributed by atoms with Gasteiger partial charge in [0.1, 0.15) is 13.2 Å². The molecule has 2 aromatic rings. The number of carbonyl (C=O) groups excluding carboxylic acids is 1. The Labute approximate surface area is 154 Å². The minimum absolute atomic E-state index is 0.126. The van der Waals surface area contributed by atoms with E-state index in [9.17, 15) is 4.79 Å². The van der Waals surface area contributed by atoms with Crippen LogP contribution in [0.5, 0.6) is 0 Å². The molecule has 0 bridgehead atoms. The molecular formula is C21H24N2O3. The van der Waals surface area contributed by atoms with Crippen molar-refractivity contribution in [1.82, 2.24) is 0 Å². The third-order valence-corrected chi connectivity index (χ3v) is 3.90. The molecule has 0 saturated heterocycles. The molecule has 0 saturated carbocycles. The van der Waals surface area contributed by atoms with Crippen molar-refractivity contribution in [2.75, 3.05) is 19.2 Å². The first-order valence-electron chi connectivity index (χ1n) is 8.61. The molecule has 0 aromatic heterocycles. The smallest absolute Gasteiger partial charge is 0.238 e. The number of aryl methyl sites for hydroxylation is 2. The Morgan fingerprint density at radius 2 is 1.58 bits per heavy atom. The number of benzene rings is 2. The van der Waals surface area contributed by atoms with E-state index in [1.54, 1.807) is 7.11 Å². The fourth-order valence-corrected chi connectivity index (χ4v) is 2.57. The van der Waals surface area contributed by atoms with Gasteiger partial charge in [-0.25, -0.2) is 0 Å². The van der Waals surface area contributed by atoms with Gasteiger partial charge < -0.3 is 14.8 Å². The molecule has 5 nitrogen and oxygen atoms in total. The molecule has 1 amide bonds. The summed E-state index contributed by atoms with van der Waals surface area (Å²) in [6.07, 6.45) is 2.92. The summed E-state index contributed by atoms with van der Waals surface area (Å²) in [6.45, 7) is 0.869. The summed E-state index contributed by atoms with van der Waals surface area (Å²) in [5.74, 6) is -0.281. The van der Waals surface area contributed by atoms with E-state index < -0.39 is 0 Å². The van der Waals surface area contributed by atoms with Crippen LogP contribution in [0.3, 0.4) is 0 Å². The highest BCUT2D eigenvalue weighted by Crippen LogP contribution is 2.14. The molecule has 0 spiro atoms. The van der Waals surface area contributed by atoms with Crippen LogP contribution >= 0.6 is 0 Å². The van der Waals surface area contributed by atoms with Crippen LogP contribution in [0.25, 0.3) is 0 Å². The van der Waals surface area contributed by atoms with Crippen molar-refractivity contribution in [3.63, 3.8) is 0 Å². The highest BCUT2D eigenvalue weighted by Gasteiger charge is 2.02. The summed E-state index contributed by atoms with van der Waals surface area (Å²) in [6, 6.07) is 18.1. The normalized spacial score (nSPS) is 10.3. The van der Waals surface area contributed by atoms with Gasteiger partial charge in [0.2, 0.25) is 5.91 Å². The maximum Gasteiger partial charge on any atom is 0.238 e. The van der Waals surface area contributed by atoms with E-state index in [1.165, 1.54) is 11.1 Å². The third-order valence-electron chi connectivity index (χ3n) is 3.90. The monoisotopic (exact) mass is 352 g/mol. The molecule has 0 aliphatic heterocycles. The minimum Gasteiger partial charge on any atom is -0.359 e. The Balaban J connectivity index is 1.73. The van der Waals surface area contributed by atoms with Gasteiger partial charge in [-0.2, -0.15) is 5.26 Å². The Hall–Kier alpha value is -2.68. The Kier molecular flexibility index (Phi) is 8.34. The first-order valence-corrected chi connectivity index (χ1v) is 8.61. The van der Waals surface area contributed by atoms with E-state index in [4.69, 9.17) is 14.7 Å². The first-order chi connectivity index (χ1) is 12.7. The van der Waals surface area contributed by atoms with Gasteiger partial charge in [-0.05, 0) is 48.1 Å². The molecule has 0 unspecified atom stereocenters. The zero-order chi connectivity index (χ0) is 18.6. The van der Waals surface area contributed by atoms with Crippen molar-refractivity contribution in [3.8, 4) is 6.07 Å². The molecule has 2 aromatic carbocycles. The van der Waals surface area contributed by atoms with Crippen molar-refractivity contribution in [2.45, 2.75) is 32.3 Å². The zero-order valence-electron chi connectivity index (χ0n) is 15.0.